The van der Waals surface area contributed by atoms with E-state index >= 15 is 0 Å². The highest BCUT2D eigenvalue weighted by Gasteiger charge is 2.38. The number of amides is 1. The van der Waals surface area contributed by atoms with Crippen molar-refractivity contribution in [3.05, 3.63) is 52.5 Å². The van der Waals surface area contributed by atoms with Crippen molar-refractivity contribution in [1.29, 1.82) is 0 Å². The summed E-state index contributed by atoms with van der Waals surface area (Å²) in [4.78, 5) is 24.0. The molecule has 1 heterocycles. The Kier molecular flexibility index (Phi) is 2.89. The molecule has 2 aliphatic carbocycles. The van der Waals surface area contributed by atoms with Crippen LogP contribution in [0.2, 0.25) is 0 Å². The molecule has 1 amide bonds. The molecular weight excluding hydrogens is 280 g/mol. The number of carbonyl (C=O) groups is 1. The lowest BCUT2D eigenvalue weighted by molar-refractivity contribution is 0.0950. The number of hydrogen-bond donors (Lipinski definition) is 2. The molecule has 4 rings (SSSR count). The molecule has 1 saturated carbocycles. The molecule has 0 bridgehead atoms. The fourth-order valence-electron chi connectivity index (χ4n) is 3.13. The van der Waals surface area contributed by atoms with Crippen LogP contribution in [0.15, 0.2) is 46.3 Å². The van der Waals surface area contributed by atoms with Gasteiger partial charge >= 0.3 is 0 Å². The molecule has 0 spiro atoms. The zero-order valence-corrected chi connectivity index (χ0v) is 11.7. The summed E-state index contributed by atoms with van der Waals surface area (Å²) in [5, 5.41) is 11.4. The fourth-order valence-corrected chi connectivity index (χ4v) is 3.13. The van der Waals surface area contributed by atoms with Crippen molar-refractivity contribution in [2.24, 2.45) is 16.9 Å². The van der Waals surface area contributed by atoms with Crippen LogP contribution >= 0.6 is 0 Å². The summed E-state index contributed by atoms with van der Waals surface area (Å²) >= 11 is 0. The van der Waals surface area contributed by atoms with E-state index in [1.807, 2.05) is 0 Å². The molecule has 6 nitrogen and oxygen atoms in total. The van der Waals surface area contributed by atoms with Crippen LogP contribution in [0.4, 0.5) is 0 Å². The van der Waals surface area contributed by atoms with Crippen molar-refractivity contribution in [3.8, 4) is 0 Å². The number of nitrogens with one attached hydrogen (secondary N) is 2. The summed E-state index contributed by atoms with van der Waals surface area (Å²) < 4.78 is 0. The molecule has 6 heteroatoms. The highest BCUT2D eigenvalue weighted by molar-refractivity contribution is 6.05. The third-order valence-electron chi connectivity index (χ3n) is 4.38. The van der Waals surface area contributed by atoms with E-state index in [9.17, 15) is 9.59 Å². The molecule has 0 aliphatic heterocycles. The first kappa shape index (κ1) is 12.9. The maximum Gasteiger partial charge on any atom is 0.292 e. The van der Waals surface area contributed by atoms with Gasteiger partial charge in [0.1, 0.15) is 0 Å². The van der Waals surface area contributed by atoms with Crippen LogP contribution in [-0.2, 0) is 0 Å². The molecule has 0 unspecified atom stereocenters. The second kappa shape index (κ2) is 4.91. The summed E-state index contributed by atoms with van der Waals surface area (Å²) in [7, 11) is 0. The lowest BCUT2D eigenvalue weighted by Crippen LogP contribution is -2.35. The minimum atomic E-state index is -0.408. The highest BCUT2D eigenvalue weighted by atomic mass is 16.2. The Bertz CT molecular complexity index is 881. The summed E-state index contributed by atoms with van der Waals surface area (Å²) in [5.74, 6) is 0.623. The van der Waals surface area contributed by atoms with Crippen molar-refractivity contribution in [3.63, 3.8) is 0 Å². The van der Waals surface area contributed by atoms with E-state index in [1.54, 1.807) is 24.3 Å². The number of rotatable bonds is 2. The van der Waals surface area contributed by atoms with E-state index in [-0.39, 0.29) is 11.3 Å². The lowest BCUT2D eigenvalue weighted by atomic mass is 9.74. The molecule has 1 aromatic carbocycles. The number of nitrogens with zero attached hydrogens (tertiary/aromatic N) is 2. The smallest absolute Gasteiger partial charge is 0.267 e. The second-order valence-electron chi connectivity index (χ2n) is 5.63. The van der Waals surface area contributed by atoms with E-state index in [4.69, 9.17) is 0 Å². The van der Waals surface area contributed by atoms with Crippen molar-refractivity contribution in [2.45, 2.75) is 12.8 Å². The van der Waals surface area contributed by atoms with Crippen molar-refractivity contribution >= 4 is 22.4 Å². The van der Waals surface area contributed by atoms with Crippen LogP contribution < -0.4 is 11.0 Å². The molecule has 0 radical (unpaired) electrons. The van der Waals surface area contributed by atoms with E-state index in [0.717, 1.165) is 18.6 Å². The minimum absolute atomic E-state index is 0.181. The van der Waals surface area contributed by atoms with E-state index in [2.05, 4.69) is 32.9 Å². The zero-order valence-electron chi connectivity index (χ0n) is 11.7. The summed E-state index contributed by atoms with van der Waals surface area (Å²) in [6, 6.07) is 6.90. The monoisotopic (exact) mass is 294 g/mol. The first-order chi connectivity index (χ1) is 10.7. The third-order valence-corrected chi connectivity index (χ3v) is 4.38. The largest absolute Gasteiger partial charge is 0.292 e. The molecular formula is C16H14N4O2. The van der Waals surface area contributed by atoms with Crippen molar-refractivity contribution < 1.29 is 4.79 Å². The lowest BCUT2D eigenvalue weighted by Gasteiger charge is -2.31. The molecule has 1 fully saturated rings. The predicted molar refractivity (Wildman–Crippen MR) is 82.6 cm³/mol. The number of aromatic amines is 1. The van der Waals surface area contributed by atoms with Gasteiger partial charge in [0.05, 0.1) is 5.39 Å². The van der Waals surface area contributed by atoms with Gasteiger partial charge in [-0.25, -0.2) is 10.5 Å². The average molecular weight is 294 g/mol. The van der Waals surface area contributed by atoms with Crippen molar-refractivity contribution in [1.82, 2.24) is 15.6 Å². The van der Waals surface area contributed by atoms with Gasteiger partial charge in [-0.2, -0.15) is 10.2 Å². The van der Waals surface area contributed by atoms with Gasteiger partial charge in [0.15, 0.2) is 5.69 Å². The average Bonchev–Trinajstić information content (AvgIpc) is 2.89. The molecule has 2 atom stereocenters. The number of benzene rings is 1. The standard InChI is InChI=1S/C16H14N4O2/c21-15-12-6-2-1-5-11(12)14(18-19-15)16(22)20-17-13-8-9-4-3-7-10(9)13/h1-6,9-10H,7-8H2,(H,19,21)(H,20,22)/b17-13-/t9-,10-/m1/s1. The zero-order chi connectivity index (χ0) is 15.1. The Morgan fingerprint density at radius 2 is 2.14 bits per heavy atom. The second-order valence-corrected chi connectivity index (χ2v) is 5.63. The SMILES string of the molecule is O=C(N/N=C1/C[C@H]2C=CC[C@@H]12)c1n[nH]c(=O)c2ccccc12. The van der Waals surface area contributed by atoms with Crippen LogP contribution in [-0.4, -0.2) is 21.8 Å². The van der Waals surface area contributed by atoms with Gasteiger partial charge in [0, 0.05) is 17.0 Å². The van der Waals surface area contributed by atoms with E-state index in [1.165, 1.54) is 0 Å². The van der Waals surface area contributed by atoms with Crippen LogP contribution in [0, 0.1) is 11.8 Å². The topological polar surface area (TPSA) is 87.2 Å². The Hall–Kier alpha value is -2.76. The van der Waals surface area contributed by atoms with E-state index in [0.29, 0.717) is 22.6 Å². The third kappa shape index (κ3) is 1.95. The number of hydrogen-bond acceptors (Lipinski definition) is 4. The van der Waals surface area contributed by atoms with Gasteiger partial charge in [-0.15, -0.1) is 0 Å². The van der Waals surface area contributed by atoms with Gasteiger partial charge < -0.3 is 0 Å². The van der Waals surface area contributed by atoms with Gasteiger partial charge in [-0.3, -0.25) is 9.59 Å². The first-order valence-corrected chi connectivity index (χ1v) is 7.25. The first-order valence-electron chi connectivity index (χ1n) is 7.25. The molecule has 2 aliphatic rings. The Morgan fingerprint density at radius 3 is 2.95 bits per heavy atom. The number of fused-ring (bicyclic) bond motifs is 2. The van der Waals surface area contributed by atoms with Gasteiger partial charge in [-0.05, 0) is 24.8 Å². The maximum atomic E-state index is 12.3. The quantitative estimate of drug-likeness (QED) is 0.651. The highest BCUT2D eigenvalue weighted by Crippen LogP contribution is 2.40. The molecule has 0 saturated heterocycles. The molecule has 2 aromatic rings. The number of carbonyl (C=O) groups excluding carboxylic acids is 1. The molecule has 110 valence electrons. The number of allylic oxidation sites excluding steroid dienone is 2. The Balaban J connectivity index is 1.60. The molecule has 1 aromatic heterocycles. The van der Waals surface area contributed by atoms with Gasteiger partial charge in [0.25, 0.3) is 11.5 Å². The van der Waals surface area contributed by atoms with Crippen molar-refractivity contribution in [2.75, 3.05) is 0 Å². The number of hydrazone groups is 1. The fraction of sp³-hybridized carbons (Fsp3) is 0.250. The summed E-state index contributed by atoms with van der Waals surface area (Å²) in [5.41, 5.74) is 3.46. The van der Waals surface area contributed by atoms with Crippen LogP contribution in [0.3, 0.4) is 0 Å². The maximum absolute atomic E-state index is 12.3. The molecule has 2 N–H and O–H groups in total. The summed E-state index contributed by atoms with van der Waals surface area (Å²) in [6.45, 7) is 0. The van der Waals surface area contributed by atoms with Gasteiger partial charge in [0.2, 0.25) is 0 Å². The number of aromatic nitrogens is 2. The number of H-pyrrole nitrogens is 1. The Morgan fingerprint density at radius 1 is 1.32 bits per heavy atom. The van der Waals surface area contributed by atoms with Crippen LogP contribution in [0.5, 0.6) is 0 Å². The van der Waals surface area contributed by atoms with Gasteiger partial charge in [-0.1, -0.05) is 30.4 Å². The van der Waals surface area contributed by atoms with E-state index < -0.39 is 5.91 Å². The molecule has 22 heavy (non-hydrogen) atoms. The summed E-state index contributed by atoms with van der Waals surface area (Å²) in [6.07, 6.45) is 6.28. The minimum Gasteiger partial charge on any atom is -0.267 e. The van der Waals surface area contributed by atoms with Crippen LogP contribution in [0.25, 0.3) is 10.8 Å². The Labute approximate surface area is 125 Å². The predicted octanol–water partition coefficient (Wildman–Crippen LogP) is 1.60. The normalized spacial score (nSPS) is 24.3. The van der Waals surface area contributed by atoms with Crippen LogP contribution in [0.1, 0.15) is 23.3 Å².